The maximum Gasteiger partial charge on any atom is 3.00 e. The molecule has 1 aliphatic carbocycles. The predicted octanol–water partition coefficient (Wildman–Crippen LogP) is -3.55. The van der Waals surface area contributed by atoms with Crippen LogP contribution in [0.1, 0.15) is 18.1 Å². The van der Waals surface area contributed by atoms with Crippen LogP contribution >= 0.6 is 0 Å². The van der Waals surface area contributed by atoms with E-state index in [0.29, 0.717) is 0 Å². The Morgan fingerprint density at radius 2 is 2.00 bits per heavy atom. The van der Waals surface area contributed by atoms with Gasteiger partial charge in [-0.3, -0.25) is 0 Å². The third kappa shape index (κ3) is 3.24. The van der Waals surface area contributed by atoms with Crippen molar-refractivity contribution in [2.24, 2.45) is 0 Å². The van der Waals surface area contributed by atoms with Crippen LogP contribution in [0.2, 0.25) is 0 Å². The Bertz CT molecular complexity index is 295. The molecule has 67 valence electrons. The Morgan fingerprint density at radius 3 is 2.62 bits per heavy atom. The van der Waals surface area contributed by atoms with E-state index in [0.717, 1.165) is 6.42 Å². The zero-order valence-corrected chi connectivity index (χ0v) is 11.2. The molecule has 0 N–H and O–H groups in total. The van der Waals surface area contributed by atoms with E-state index < -0.39 is 0 Å². The first kappa shape index (κ1) is 15.9. The summed E-state index contributed by atoms with van der Waals surface area (Å²) in [5.41, 5.74) is 4.10. The average molecular weight is 291 g/mol. The minimum atomic E-state index is 0. The van der Waals surface area contributed by atoms with Gasteiger partial charge in [0.1, 0.15) is 0 Å². The van der Waals surface area contributed by atoms with Crippen molar-refractivity contribution in [1.29, 1.82) is 0 Å². The van der Waals surface area contributed by atoms with Gasteiger partial charge in [-0.05, 0) is 0 Å². The molecule has 1 aliphatic rings. The molecule has 0 fully saturated rings. The fourth-order valence-electron chi connectivity index (χ4n) is 1.37. The van der Waals surface area contributed by atoms with E-state index in [1.54, 1.807) is 0 Å². The first-order chi connectivity index (χ1) is 4.88. The van der Waals surface area contributed by atoms with Crippen molar-refractivity contribution >= 4 is 5.57 Å². The summed E-state index contributed by atoms with van der Waals surface area (Å²) < 4.78 is 0. The molecule has 0 spiro atoms. The number of hydrogen-bond acceptors (Lipinski definition) is 0. The van der Waals surface area contributed by atoms with Gasteiger partial charge >= 0.3 is 26.2 Å². The van der Waals surface area contributed by atoms with E-state index in [1.807, 2.05) is 12.1 Å². The van der Waals surface area contributed by atoms with Gasteiger partial charge in [0.25, 0.3) is 0 Å². The largest absolute Gasteiger partial charge is 3.00 e. The molecular weight excluding hydrogens is 282 g/mol. The maximum atomic E-state index is 3.23. The first-order valence-corrected chi connectivity index (χ1v) is 3.54. The van der Waals surface area contributed by atoms with Crippen LogP contribution in [0.5, 0.6) is 0 Å². The van der Waals surface area contributed by atoms with Gasteiger partial charge < -0.3 is 24.8 Å². The molecule has 0 saturated heterocycles. The number of rotatable bonds is 0. The maximum absolute atomic E-state index is 3.23. The van der Waals surface area contributed by atoms with Crippen LogP contribution < -0.4 is 24.8 Å². The van der Waals surface area contributed by atoms with E-state index in [-0.39, 0.29) is 51.0 Å². The van der Waals surface area contributed by atoms with Crippen molar-refractivity contribution in [2.45, 2.75) is 13.3 Å². The van der Waals surface area contributed by atoms with E-state index in [4.69, 9.17) is 0 Å². The van der Waals surface area contributed by atoms with Gasteiger partial charge in [0.2, 0.25) is 0 Å². The standard InChI is InChI=1S/C10H9.2ClH.Zr/c1-8-6-7-9-4-2-3-5-10(8)9;;;/h2-4,6H,7H2,1H3;2*1H;/q-1;;;+3/p-2. The quantitative estimate of drug-likeness (QED) is 0.434. The molecule has 1 aromatic carbocycles. The SMILES string of the molecule is CC1=CCc2ccc[c-]c21.[Cl-].[Cl-].[Zr+3]. The molecule has 1 radical (unpaired) electrons. The van der Waals surface area contributed by atoms with Crippen LogP contribution in [0.4, 0.5) is 0 Å². The summed E-state index contributed by atoms with van der Waals surface area (Å²) in [6, 6.07) is 9.42. The summed E-state index contributed by atoms with van der Waals surface area (Å²) in [6.45, 7) is 2.14. The van der Waals surface area contributed by atoms with Crippen molar-refractivity contribution < 1.29 is 51.0 Å². The molecule has 0 nitrogen and oxygen atoms in total. The van der Waals surface area contributed by atoms with Gasteiger partial charge in [-0.2, -0.15) is 0 Å². The van der Waals surface area contributed by atoms with E-state index in [9.17, 15) is 0 Å². The smallest absolute Gasteiger partial charge is 1.00 e. The van der Waals surface area contributed by atoms with E-state index in [2.05, 4.69) is 25.1 Å². The third-order valence-electron chi connectivity index (χ3n) is 1.96. The van der Waals surface area contributed by atoms with Crippen LogP contribution in [0.3, 0.4) is 0 Å². The summed E-state index contributed by atoms with van der Waals surface area (Å²) >= 11 is 0. The van der Waals surface area contributed by atoms with Gasteiger partial charge in [0, 0.05) is 0 Å². The van der Waals surface area contributed by atoms with E-state index >= 15 is 0 Å². The molecular formula is C10H9Cl2Zr. The summed E-state index contributed by atoms with van der Waals surface area (Å²) in [7, 11) is 0. The summed E-state index contributed by atoms with van der Waals surface area (Å²) in [4.78, 5) is 0. The van der Waals surface area contributed by atoms with Crippen molar-refractivity contribution in [3.63, 3.8) is 0 Å². The fourth-order valence-corrected chi connectivity index (χ4v) is 1.37. The van der Waals surface area contributed by atoms with Crippen LogP contribution in [-0.2, 0) is 32.6 Å². The second kappa shape index (κ2) is 6.81. The van der Waals surface area contributed by atoms with Crippen LogP contribution in [0.15, 0.2) is 24.3 Å². The van der Waals surface area contributed by atoms with Gasteiger partial charge in [-0.15, -0.1) is 47.0 Å². The molecule has 2 rings (SSSR count). The molecule has 13 heavy (non-hydrogen) atoms. The van der Waals surface area contributed by atoms with Crippen LogP contribution in [0, 0.1) is 6.07 Å². The minimum absolute atomic E-state index is 0. The van der Waals surface area contributed by atoms with Crippen LogP contribution in [0.25, 0.3) is 5.57 Å². The van der Waals surface area contributed by atoms with Crippen molar-refractivity contribution in [3.05, 3.63) is 41.5 Å². The number of fused-ring (bicyclic) bond motifs is 1. The van der Waals surface area contributed by atoms with Gasteiger partial charge in [0.15, 0.2) is 0 Å². The minimum Gasteiger partial charge on any atom is -1.00 e. The predicted molar refractivity (Wildman–Crippen MR) is 42.6 cm³/mol. The fraction of sp³-hybridized carbons (Fsp3) is 0.200. The molecule has 0 unspecified atom stereocenters. The molecule has 0 saturated carbocycles. The molecule has 0 aromatic heterocycles. The number of hydrogen-bond donors (Lipinski definition) is 0. The summed E-state index contributed by atoms with van der Waals surface area (Å²) in [5, 5.41) is 0. The Morgan fingerprint density at radius 1 is 1.31 bits per heavy atom. The van der Waals surface area contributed by atoms with Gasteiger partial charge in [0.05, 0.1) is 0 Å². The topological polar surface area (TPSA) is 0 Å². The molecule has 0 atom stereocenters. The molecule has 0 amide bonds. The molecule has 3 heteroatoms. The normalized spacial score (nSPS) is 11.3. The van der Waals surface area contributed by atoms with E-state index in [1.165, 1.54) is 16.7 Å². The zero-order valence-electron chi connectivity index (χ0n) is 7.27. The van der Waals surface area contributed by atoms with Gasteiger partial charge in [-0.25, -0.2) is 0 Å². The number of halogens is 2. The monoisotopic (exact) mass is 289 g/mol. The summed E-state index contributed by atoms with van der Waals surface area (Å²) in [6.07, 6.45) is 3.35. The van der Waals surface area contributed by atoms with Crippen molar-refractivity contribution in [2.75, 3.05) is 0 Å². The first-order valence-electron chi connectivity index (χ1n) is 3.54. The molecule has 0 aliphatic heterocycles. The molecule has 0 heterocycles. The average Bonchev–Trinajstić information content (AvgIpc) is 2.34. The number of benzene rings is 1. The van der Waals surface area contributed by atoms with Crippen molar-refractivity contribution in [3.8, 4) is 0 Å². The second-order valence-corrected chi connectivity index (χ2v) is 2.66. The number of allylic oxidation sites excluding steroid dienone is 2. The second-order valence-electron chi connectivity index (χ2n) is 2.66. The Balaban J connectivity index is 0. The summed E-state index contributed by atoms with van der Waals surface area (Å²) in [5.74, 6) is 0. The molecule has 0 bridgehead atoms. The Labute approximate surface area is 111 Å². The third-order valence-corrected chi connectivity index (χ3v) is 1.96. The Hall–Kier alpha value is 0.423. The Kier molecular flexibility index (Phi) is 8.32. The van der Waals surface area contributed by atoms with Gasteiger partial charge in [-0.1, -0.05) is 13.3 Å². The zero-order chi connectivity index (χ0) is 6.97. The van der Waals surface area contributed by atoms with Crippen LogP contribution in [-0.4, -0.2) is 0 Å². The van der Waals surface area contributed by atoms with Crippen molar-refractivity contribution in [1.82, 2.24) is 0 Å². The molecule has 1 aromatic rings.